The second-order valence-electron chi connectivity index (χ2n) is 8.49. The summed E-state index contributed by atoms with van der Waals surface area (Å²) in [5.74, 6) is 0.285. The van der Waals surface area contributed by atoms with Crippen LogP contribution in [0.3, 0.4) is 0 Å². The highest BCUT2D eigenvalue weighted by Crippen LogP contribution is 2.31. The van der Waals surface area contributed by atoms with Crippen LogP contribution in [0.25, 0.3) is 10.6 Å². The van der Waals surface area contributed by atoms with Gasteiger partial charge in [-0.15, -0.1) is 11.3 Å². The van der Waals surface area contributed by atoms with Crippen LogP contribution < -0.4 is 0 Å². The van der Waals surface area contributed by atoms with E-state index in [1.165, 1.54) is 36.2 Å². The molecule has 0 radical (unpaired) electrons. The molecule has 2 aromatic rings. The van der Waals surface area contributed by atoms with Crippen molar-refractivity contribution in [3.63, 3.8) is 0 Å². The second-order valence-corrected chi connectivity index (χ2v) is 9.57. The predicted octanol–water partition coefficient (Wildman–Crippen LogP) is 2.04. The zero-order chi connectivity index (χ0) is 19.8. The number of piperidine rings is 1. The van der Waals surface area contributed by atoms with E-state index in [0.29, 0.717) is 18.6 Å². The summed E-state index contributed by atoms with van der Waals surface area (Å²) in [5, 5.41) is 0.978. The molecule has 0 spiro atoms. The fourth-order valence-electron chi connectivity index (χ4n) is 4.96. The van der Waals surface area contributed by atoms with Gasteiger partial charge in [0.15, 0.2) is 0 Å². The molecule has 29 heavy (non-hydrogen) atoms. The molecule has 0 aromatic carbocycles. The normalized spacial score (nSPS) is 25.5. The Balaban J connectivity index is 1.20. The van der Waals surface area contributed by atoms with Crippen LogP contribution in [0.15, 0.2) is 18.7 Å². The van der Waals surface area contributed by atoms with Gasteiger partial charge in [-0.2, -0.15) is 0 Å². The molecule has 0 bridgehead atoms. The molecule has 5 heterocycles. The molecule has 8 heteroatoms. The maximum atomic E-state index is 13.0. The van der Waals surface area contributed by atoms with Gasteiger partial charge < -0.3 is 4.90 Å². The van der Waals surface area contributed by atoms with Crippen molar-refractivity contribution in [2.75, 3.05) is 32.7 Å². The van der Waals surface area contributed by atoms with Crippen LogP contribution in [0.1, 0.15) is 36.8 Å². The molecule has 3 aliphatic rings. The van der Waals surface area contributed by atoms with Crippen molar-refractivity contribution in [3.8, 4) is 10.6 Å². The largest absolute Gasteiger partial charge is 0.339 e. The van der Waals surface area contributed by atoms with Crippen molar-refractivity contribution in [3.05, 3.63) is 29.3 Å². The molecule has 5 rings (SSSR count). The standard InChI is InChI=1S/C21H28N6OS/c1-15-3-2-4-17-11-26(7-8-27(15)17)20(28)13-25-6-5-18-19(12-25)29-21(24-18)16-9-22-14-23-10-16/h9-10,14-15,17H,2-8,11-13H2,1H3. The summed E-state index contributed by atoms with van der Waals surface area (Å²) in [7, 11) is 0. The molecule has 2 saturated heterocycles. The summed E-state index contributed by atoms with van der Waals surface area (Å²) in [4.78, 5) is 34.3. The topological polar surface area (TPSA) is 65.5 Å². The third kappa shape index (κ3) is 3.93. The van der Waals surface area contributed by atoms with Crippen LogP contribution in [0, 0.1) is 0 Å². The van der Waals surface area contributed by atoms with Crippen molar-refractivity contribution in [1.82, 2.24) is 29.7 Å². The smallest absolute Gasteiger partial charge is 0.236 e. The van der Waals surface area contributed by atoms with Crippen LogP contribution in [0.2, 0.25) is 0 Å². The van der Waals surface area contributed by atoms with Crippen LogP contribution >= 0.6 is 11.3 Å². The molecular weight excluding hydrogens is 384 g/mol. The minimum absolute atomic E-state index is 0.285. The molecule has 2 unspecified atom stereocenters. The molecular formula is C21H28N6OS. The fraction of sp³-hybridized carbons (Fsp3) is 0.619. The van der Waals surface area contributed by atoms with E-state index in [0.717, 1.165) is 49.7 Å². The summed E-state index contributed by atoms with van der Waals surface area (Å²) in [6.07, 6.45) is 9.88. The number of nitrogens with zero attached hydrogens (tertiary/aromatic N) is 6. The Morgan fingerprint density at radius 1 is 1.21 bits per heavy atom. The number of hydrogen-bond acceptors (Lipinski definition) is 7. The Hall–Kier alpha value is -1.90. The van der Waals surface area contributed by atoms with E-state index in [9.17, 15) is 4.79 Å². The lowest BCUT2D eigenvalue weighted by Gasteiger charge is -2.47. The molecule has 0 N–H and O–H groups in total. The van der Waals surface area contributed by atoms with Crippen LogP contribution in [0.5, 0.6) is 0 Å². The Morgan fingerprint density at radius 3 is 2.93 bits per heavy atom. The van der Waals surface area contributed by atoms with Gasteiger partial charge in [-0.25, -0.2) is 15.0 Å². The second kappa shape index (κ2) is 8.08. The molecule has 2 fully saturated rings. The highest BCUT2D eigenvalue weighted by Gasteiger charge is 2.35. The Labute approximate surface area is 175 Å². The van der Waals surface area contributed by atoms with Gasteiger partial charge in [0.05, 0.1) is 12.2 Å². The van der Waals surface area contributed by atoms with E-state index in [-0.39, 0.29) is 5.91 Å². The van der Waals surface area contributed by atoms with Crippen LogP contribution in [-0.2, 0) is 17.8 Å². The molecule has 3 aliphatic heterocycles. The quantitative estimate of drug-likeness (QED) is 0.769. The Bertz CT molecular complexity index is 871. The Kier molecular flexibility index (Phi) is 5.32. The number of carbonyl (C=O) groups excluding carboxylic acids is 1. The summed E-state index contributed by atoms with van der Waals surface area (Å²) < 4.78 is 0. The first kappa shape index (κ1) is 19.1. The molecule has 0 saturated carbocycles. The van der Waals surface area contributed by atoms with Crippen molar-refractivity contribution in [2.45, 2.75) is 51.2 Å². The van der Waals surface area contributed by atoms with E-state index in [1.807, 2.05) is 12.4 Å². The number of carbonyl (C=O) groups is 1. The first-order valence-electron chi connectivity index (χ1n) is 10.7. The predicted molar refractivity (Wildman–Crippen MR) is 113 cm³/mol. The van der Waals surface area contributed by atoms with Crippen LogP contribution in [-0.4, -0.2) is 80.4 Å². The maximum Gasteiger partial charge on any atom is 0.236 e. The molecule has 0 aliphatic carbocycles. The minimum Gasteiger partial charge on any atom is -0.339 e. The van der Waals surface area contributed by atoms with Gasteiger partial charge in [0, 0.05) is 74.1 Å². The molecule has 154 valence electrons. The van der Waals surface area contributed by atoms with Crippen molar-refractivity contribution < 1.29 is 4.79 Å². The molecule has 1 amide bonds. The molecule has 7 nitrogen and oxygen atoms in total. The number of aromatic nitrogens is 3. The third-order valence-electron chi connectivity index (χ3n) is 6.58. The fourth-order valence-corrected chi connectivity index (χ4v) is 6.08. The third-order valence-corrected chi connectivity index (χ3v) is 7.71. The minimum atomic E-state index is 0.285. The average molecular weight is 413 g/mol. The van der Waals surface area contributed by atoms with Gasteiger partial charge in [-0.05, 0) is 19.8 Å². The number of amides is 1. The lowest BCUT2D eigenvalue weighted by atomic mass is 9.94. The lowest BCUT2D eigenvalue weighted by molar-refractivity contribution is -0.136. The monoisotopic (exact) mass is 412 g/mol. The zero-order valence-corrected chi connectivity index (χ0v) is 17.8. The highest BCUT2D eigenvalue weighted by molar-refractivity contribution is 7.15. The van der Waals surface area contributed by atoms with E-state index in [4.69, 9.17) is 4.98 Å². The maximum absolute atomic E-state index is 13.0. The SMILES string of the molecule is CC1CCCC2CN(C(=O)CN3CCc4nc(-c5cncnc5)sc4C3)CCN12. The first-order valence-corrected chi connectivity index (χ1v) is 11.5. The van der Waals surface area contributed by atoms with Gasteiger partial charge in [0.25, 0.3) is 0 Å². The number of rotatable bonds is 3. The van der Waals surface area contributed by atoms with Gasteiger partial charge >= 0.3 is 0 Å². The van der Waals surface area contributed by atoms with Gasteiger partial charge in [0.1, 0.15) is 11.3 Å². The highest BCUT2D eigenvalue weighted by atomic mass is 32.1. The van der Waals surface area contributed by atoms with Crippen molar-refractivity contribution in [1.29, 1.82) is 0 Å². The number of hydrogen-bond donors (Lipinski definition) is 0. The van der Waals surface area contributed by atoms with Crippen molar-refractivity contribution in [2.24, 2.45) is 0 Å². The van der Waals surface area contributed by atoms with Gasteiger partial charge in [-0.3, -0.25) is 14.6 Å². The average Bonchev–Trinajstić information content (AvgIpc) is 3.18. The van der Waals surface area contributed by atoms with E-state index in [1.54, 1.807) is 11.3 Å². The van der Waals surface area contributed by atoms with Crippen molar-refractivity contribution >= 4 is 17.2 Å². The summed E-state index contributed by atoms with van der Waals surface area (Å²) >= 11 is 1.71. The lowest BCUT2D eigenvalue weighted by Crippen LogP contribution is -2.59. The number of piperazine rings is 1. The van der Waals surface area contributed by atoms with Crippen LogP contribution in [0.4, 0.5) is 0 Å². The molecule has 2 aromatic heterocycles. The summed E-state index contributed by atoms with van der Waals surface area (Å²) in [5.41, 5.74) is 2.14. The van der Waals surface area contributed by atoms with E-state index < -0.39 is 0 Å². The van der Waals surface area contributed by atoms with Gasteiger partial charge in [0.2, 0.25) is 5.91 Å². The molecule has 2 atom stereocenters. The first-order chi connectivity index (χ1) is 14.2. The summed E-state index contributed by atoms with van der Waals surface area (Å²) in [6, 6.07) is 1.23. The number of thiazole rings is 1. The zero-order valence-electron chi connectivity index (χ0n) is 17.0. The van der Waals surface area contributed by atoms with Gasteiger partial charge in [-0.1, -0.05) is 6.42 Å². The van der Waals surface area contributed by atoms with E-state index >= 15 is 0 Å². The van der Waals surface area contributed by atoms with E-state index in [2.05, 4.69) is 31.6 Å². The summed E-state index contributed by atoms with van der Waals surface area (Å²) in [6.45, 7) is 7.36. The Morgan fingerprint density at radius 2 is 2.07 bits per heavy atom. The number of fused-ring (bicyclic) bond motifs is 2.